The number of ether oxygens (including phenoxy) is 2. The zero-order valence-electron chi connectivity index (χ0n) is 14.8. The average molecular weight is 352 g/mol. The molecule has 2 aliphatic rings. The molecular weight excluding hydrogens is 332 g/mol. The molecule has 0 saturated carbocycles. The highest BCUT2D eigenvalue weighted by Crippen LogP contribution is 2.36. The summed E-state index contributed by atoms with van der Waals surface area (Å²) in [5.41, 5.74) is 2.39. The van der Waals surface area contributed by atoms with Gasteiger partial charge in [0.1, 0.15) is 6.04 Å². The van der Waals surface area contributed by atoms with Gasteiger partial charge in [0.15, 0.2) is 11.5 Å². The van der Waals surface area contributed by atoms with Crippen molar-refractivity contribution in [2.24, 2.45) is 0 Å². The van der Waals surface area contributed by atoms with Gasteiger partial charge in [-0.2, -0.15) is 0 Å². The summed E-state index contributed by atoms with van der Waals surface area (Å²) >= 11 is 0. The number of rotatable bonds is 2. The monoisotopic (exact) mass is 352 g/mol. The van der Waals surface area contributed by atoms with E-state index in [-0.39, 0.29) is 18.6 Å². The number of carbonyl (C=O) groups is 2. The van der Waals surface area contributed by atoms with Gasteiger partial charge in [0.2, 0.25) is 12.7 Å². The number of aryl methyl sites for hydroxylation is 1. The van der Waals surface area contributed by atoms with Crippen molar-refractivity contribution in [2.75, 3.05) is 24.8 Å². The van der Waals surface area contributed by atoms with Crippen molar-refractivity contribution in [1.82, 2.24) is 4.90 Å². The molecule has 1 unspecified atom stereocenters. The van der Waals surface area contributed by atoms with Crippen LogP contribution >= 0.6 is 0 Å². The Bertz CT molecular complexity index is 880. The number of fused-ring (bicyclic) bond motifs is 1. The van der Waals surface area contributed by atoms with E-state index in [1.165, 1.54) is 0 Å². The Morgan fingerprint density at radius 2 is 1.88 bits per heavy atom. The Kier molecular flexibility index (Phi) is 4.03. The van der Waals surface area contributed by atoms with Crippen LogP contribution in [0.3, 0.4) is 0 Å². The third kappa shape index (κ3) is 2.77. The molecule has 4 rings (SSSR count). The van der Waals surface area contributed by atoms with E-state index in [1.807, 2.05) is 37.3 Å². The molecule has 6 nitrogen and oxygen atoms in total. The molecule has 0 bridgehead atoms. The number of carbonyl (C=O) groups excluding carboxylic acids is 2. The fraction of sp³-hybridized carbons (Fsp3) is 0.300. The van der Waals surface area contributed by atoms with Crippen LogP contribution in [-0.4, -0.2) is 42.6 Å². The van der Waals surface area contributed by atoms with Crippen molar-refractivity contribution in [3.8, 4) is 11.5 Å². The molecule has 0 N–H and O–H groups in total. The van der Waals surface area contributed by atoms with E-state index in [9.17, 15) is 9.59 Å². The molecule has 2 aromatic carbocycles. The standard InChI is InChI=1S/C20H20N2O4/c1-13-4-3-5-15(10-13)20(24)21-8-9-22(19(23)14(21)2)16-6-7-17-18(11-16)26-12-25-17/h3-7,10-11,14H,8-9,12H2,1-2H3. The lowest BCUT2D eigenvalue weighted by molar-refractivity contribution is -0.124. The van der Waals surface area contributed by atoms with E-state index in [2.05, 4.69) is 0 Å². The summed E-state index contributed by atoms with van der Waals surface area (Å²) in [6.45, 7) is 4.84. The van der Waals surface area contributed by atoms with Crippen LogP contribution in [-0.2, 0) is 4.79 Å². The second-order valence-corrected chi connectivity index (χ2v) is 6.57. The second-order valence-electron chi connectivity index (χ2n) is 6.57. The highest BCUT2D eigenvalue weighted by atomic mass is 16.7. The first-order chi connectivity index (χ1) is 12.5. The minimum Gasteiger partial charge on any atom is -0.454 e. The summed E-state index contributed by atoms with van der Waals surface area (Å²) in [5.74, 6) is 1.11. The van der Waals surface area contributed by atoms with Gasteiger partial charge in [-0.1, -0.05) is 17.7 Å². The quantitative estimate of drug-likeness (QED) is 0.834. The minimum absolute atomic E-state index is 0.101. The summed E-state index contributed by atoms with van der Waals surface area (Å²) in [6.07, 6.45) is 0. The van der Waals surface area contributed by atoms with Gasteiger partial charge in [-0.15, -0.1) is 0 Å². The van der Waals surface area contributed by atoms with Gasteiger partial charge in [0.25, 0.3) is 5.91 Å². The van der Waals surface area contributed by atoms with Gasteiger partial charge in [0, 0.05) is 30.4 Å². The van der Waals surface area contributed by atoms with Crippen molar-refractivity contribution < 1.29 is 19.1 Å². The van der Waals surface area contributed by atoms with Gasteiger partial charge in [-0.3, -0.25) is 9.59 Å². The van der Waals surface area contributed by atoms with Gasteiger partial charge in [0.05, 0.1) is 0 Å². The summed E-state index contributed by atoms with van der Waals surface area (Å²) in [5, 5.41) is 0. The van der Waals surface area contributed by atoms with E-state index in [4.69, 9.17) is 9.47 Å². The molecule has 2 heterocycles. The fourth-order valence-corrected chi connectivity index (χ4v) is 3.40. The Morgan fingerprint density at radius 3 is 2.69 bits per heavy atom. The Balaban J connectivity index is 1.54. The normalized spacial score (nSPS) is 19.0. The SMILES string of the molecule is Cc1cccc(C(=O)N2CCN(c3ccc4c(c3)OCO4)C(=O)C2C)c1. The first-order valence-electron chi connectivity index (χ1n) is 8.63. The maximum absolute atomic E-state index is 12.9. The van der Waals surface area contributed by atoms with Crippen LogP contribution in [0.1, 0.15) is 22.8 Å². The van der Waals surface area contributed by atoms with E-state index in [1.54, 1.807) is 28.9 Å². The molecule has 1 atom stereocenters. The van der Waals surface area contributed by atoms with E-state index in [0.717, 1.165) is 11.3 Å². The van der Waals surface area contributed by atoms with E-state index < -0.39 is 6.04 Å². The summed E-state index contributed by atoms with van der Waals surface area (Å²) in [7, 11) is 0. The lowest BCUT2D eigenvalue weighted by atomic mass is 10.1. The number of amides is 2. The molecule has 1 saturated heterocycles. The molecule has 0 aromatic heterocycles. The van der Waals surface area contributed by atoms with Gasteiger partial charge in [-0.25, -0.2) is 0 Å². The lowest BCUT2D eigenvalue weighted by Crippen LogP contribution is -2.57. The van der Waals surface area contributed by atoms with Crippen LogP contribution in [0.5, 0.6) is 11.5 Å². The number of anilines is 1. The van der Waals surface area contributed by atoms with E-state index in [0.29, 0.717) is 30.2 Å². The molecule has 2 aliphatic heterocycles. The van der Waals surface area contributed by atoms with Crippen LogP contribution in [0, 0.1) is 6.92 Å². The maximum atomic E-state index is 12.9. The van der Waals surface area contributed by atoms with Crippen LogP contribution < -0.4 is 14.4 Å². The topological polar surface area (TPSA) is 59.1 Å². The smallest absolute Gasteiger partial charge is 0.254 e. The maximum Gasteiger partial charge on any atom is 0.254 e. The lowest BCUT2D eigenvalue weighted by Gasteiger charge is -2.39. The number of hydrogen-bond acceptors (Lipinski definition) is 4. The van der Waals surface area contributed by atoms with Gasteiger partial charge in [-0.05, 0) is 38.1 Å². The molecule has 134 valence electrons. The molecule has 6 heteroatoms. The van der Waals surface area contributed by atoms with Crippen molar-refractivity contribution in [1.29, 1.82) is 0 Å². The summed E-state index contributed by atoms with van der Waals surface area (Å²) in [6, 6.07) is 12.4. The number of nitrogens with zero attached hydrogens (tertiary/aromatic N) is 2. The summed E-state index contributed by atoms with van der Waals surface area (Å²) < 4.78 is 10.7. The average Bonchev–Trinajstić information content (AvgIpc) is 3.11. The van der Waals surface area contributed by atoms with Crippen molar-refractivity contribution >= 4 is 17.5 Å². The predicted molar refractivity (Wildman–Crippen MR) is 96.6 cm³/mol. The second kappa shape index (κ2) is 6.37. The predicted octanol–water partition coefficient (Wildman–Crippen LogP) is 2.60. The molecule has 1 fully saturated rings. The molecule has 2 aromatic rings. The number of piperazine rings is 1. The van der Waals surface area contributed by atoms with Gasteiger partial charge < -0.3 is 19.3 Å². The van der Waals surface area contributed by atoms with Crippen LogP contribution in [0.25, 0.3) is 0 Å². The Morgan fingerprint density at radius 1 is 1.08 bits per heavy atom. The molecule has 0 radical (unpaired) electrons. The highest BCUT2D eigenvalue weighted by molar-refractivity contribution is 6.03. The van der Waals surface area contributed by atoms with Crippen molar-refractivity contribution in [3.63, 3.8) is 0 Å². The van der Waals surface area contributed by atoms with Crippen molar-refractivity contribution in [3.05, 3.63) is 53.6 Å². The molecule has 0 aliphatic carbocycles. The largest absolute Gasteiger partial charge is 0.454 e. The van der Waals surface area contributed by atoms with Crippen LogP contribution in [0.15, 0.2) is 42.5 Å². The zero-order valence-corrected chi connectivity index (χ0v) is 14.8. The first-order valence-corrected chi connectivity index (χ1v) is 8.63. The fourth-order valence-electron chi connectivity index (χ4n) is 3.40. The summed E-state index contributed by atoms with van der Waals surface area (Å²) in [4.78, 5) is 29.1. The Labute approximate surface area is 151 Å². The Hall–Kier alpha value is -3.02. The van der Waals surface area contributed by atoms with Crippen LogP contribution in [0.4, 0.5) is 5.69 Å². The molecule has 0 spiro atoms. The van der Waals surface area contributed by atoms with E-state index >= 15 is 0 Å². The molecule has 2 amide bonds. The molecular formula is C20H20N2O4. The molecule has 26 heavy (non-hydrogen) atoms. The number of benzene rings is 2. The first kappa shape index (κ1) is 16.4. The van der Waals surface area contributed by atoms with Gasteiger partial charge >= 0.3 is 0 Å². The third-order valence-corrected chi connectivity index (χ3v) is 4.85. The minimum atomic E-state index is -0.526. The van der Waals surface area contributed by atoms with Crippen LogP contribution in [0.2, 0.25) is 0 Å². The highest BCUT2D eigenvalue weighted by Gasteiger charge is 2.35. The van der Waals surface area contributed by atoms with Crippen molar-refractivity contribution in [2.45, 2.75) is 19.9 Å². The zero-order chi connectivity index (χ0) is 18.3. The number of hydrogen-bond donors (Lipinski definition) is 0. The third-order valence-electron chi connectivity index (χ3n) is 4.85.